The van der Waals surface area contributed by atoms with Crippen LogP contribution in [0.15, 0.2) is 17.0 Å². The van der Waals surface area contributed by atoms with E-state index >= 15 is 0 Å². The molecule has 0 aromatic heterocycles. The minimum Gasteiger partial charge on any atom is -0.208 e. The second-order valence-corrected chi connectivity index (χ2v) is 6.46. The van der Waals surface area contributed by atoms with Crippen LogP contribution in [0.4, 0.5) is 0 Å². The van der Waals surface area contributed by atoms with Gasteiger partial charge in [0.05, 0.1) is 5.02 Å². The molecule has 3 nitrogen and oxygen atoms in total. The first kappa shape index (κ1) is 14.8. The molecule has 0 aliphatic rings. The van der Waals surface area contributed by atoms with E-state index in [9.17, 15) is 8.42 Å². The van der Waals surface area contributed by atoms with Crippen molar-refractivity contribution in [3.8, 4) is 0 Å². The summed E-state index contributed by atoms with van der Waals surface area (Å²) >= 11 is 11.8. The largest absolute Gasteiger partial charge is 0.242 e. The van der Waals surface area contributed by atoms with Crippen molar-refractivity contribution in [1.82, 2.24) is 4.72 Å². The van der Waals surface area contributed by atoms with Crippen molar-refractivity contribution in [2.24, 2.45) is 0 Å². The molecule has 6 heteroatoms. The lowest BCUT2D eigenvalue weighted by Gasteiger charge is -2.14. The Balaban J connectivity index is 3.20. The maximum Gasteiger partial charge on any atom is 0.242 e. The third kappa shape index (κ3) is 3.58. The summed E-state index contributed by atoms with van der Waals surface area (Å²) in [7, 11) is -3.58. The molecule has 1 aromatic carbocycles. The predicted molar refractivity (Wildman–Crippen MR) is 71.3 cm³/mol. The fourth-order valence-corrected chi connectivity index (χ4v) is 3.41. The highest BCUT2D eigenvalue weighted by Gasteiger charge is 2.20. The summed E-state index contributed by atoms with van der Waals surface area (Å²) in [6, 6.07) is 2.80. The highest BCUT2D eigenvalue weighted by Crippen LogP contribution is 2.28. The highest BCUT2D eigenvalue weighted by atomic mass is 35.5. The number of rotatable bonds is 4. The normalized spacial score (nSPS) is 13.7. The molecule has 1 N–H and O–H groups in total. The molecule has 0 fully saturated rings. The van der Waals surface area contributed by atoms with Crippen molar-refractivity contribution in [3.05, 3.63) is 27.7 Å². The van der Waals surface area contributed by atoms with Gasteiger partial charge >= 0.3 is 0 Å². The monoisotopic (exact) mass is 295 g/mol. The number of benzene rings is 1. The minimum absolute atomic E-state index is 0.0707. The van der Waals surface area contributed by atoms with Gasteiger partial charge in [-0.05, 0) is 38.0 Å². The van der Waals surface area contributed by atoms with E-state index in [1.54, 1.807) is 13.8 Å². The summed E-state index contributed by atoms with van der Waals surface area (Å²) in [5.41, 5.74) is 0.681. The van der Waals surface area contributed by atoms with Crippen LogP contribution in [0.1, 0.15) is 25.8 Å². The van der Waals surface area contributed by atoms with Gasteiger partial charge in [0.2, 0.25) is 10.0 Å². The Hall–Kier alpha value is -0.290. The van der Waals surface area contributed by atoms with Gasteiger partial charge in [0.15, 0.2) is 0 Å². The fraction of sp³-hybridized carbons (Fsp3) is 0.455. The Kier molecular flexibility index (Phi) is 4.84. The molecule has 0 unspecified atom stereocenters. The fourth-order valence-electron chi connectivity index (χ4n) is 1.25. The number of halogens is 2. The Bertz CT molecular complexity index is 514. The maximum absolute atomic E-state index is 12.0. The van der Waals surface area contributed by atoms with E-state index in [0.29, 0.717) is 17.0 Å². The van der Waals surface area contributed by atoms with Gasteiger partial charge in [-0.3, -0.25) is 0 Å². The molecule has 17 heavy (non-hydrogen) atoms. The van der Waals surface area contributed by atoms with Crippen LogP contribution in [0.25, 0.3) is 0 Å². The third-order valence-corrected chi connectivity index (χ3v) is 4.93. The smallest absolute Gasteiger partial charge is 0.208 e. The van der Waals surface area contributed by atoms with Gasteiger partial charge in [0, 0.05) is 11.1 Å². The molecule has 0 bridgehead atoms. The summed E-state index contributed by atoms with van der Waals surface area (Å²) in [5, 5.41) is 0.592. The van der Waals surface area contributed by atoms with E-state index in [4.69, 9.17) is 23.2 Å². The molecule has 96 valence electrons. The Morgan fingerprint density at radius 2 is 1.88 bits per heavy atom. The molecule has 1 rings (SSSR count). The van der Waals surface area contributed by atoms with Gasteiger partial charge in [-0.15, -0.1) is 0 Å². The maximum atomic E-state index is 12.0. The van der Waals surface area contributed by atoms with Crippen molar-refractivity contribution >= 4 is 33.2 Å². The van der Waals surface area contributed by atoms with Gasteiger partial charge in [0.25, 0.3) is 0 Å². The zero-order valence-corrected chi connectivity index (χ0v) is 12.2. The Morgan fingerprint density at radius 3 is 2.41 bits per heavy atom. The lowest BCUT2D eigenvalue weighted by Crippen LogP contribution is -2.32. The summed E-state index contributed by atoms with van der Waals surface area (Å²) in [6.45, 7) is 5.44. The van der Waals surface area contributed by atoms with E-state index in [1.165, 1.54) is 12.1 Å². The molecule has 0 saturated carbocycles. The molecule has 0 spiro atoms. The van der Waals surface area contributed by atoms with Crippen molar-refractivity contribution < 1.29 is 8.42 Å². The topological polar surface area (TPSA) is 46.2 Å². The number of sulfonamides is 1. The molecule has 0 amide bonds. The first-order valence-electron chi connectivity index (χ1n) is 5.26. The average Bonchev–Trinajstić information content (AvgIpc) is 2.22. The number of hydrogen-bond donors (Lipinski definition) is 1. The van der Waals surface area contributed by atoms with Crippen LogP contribution in [0.3, 0.4) is 0 Å². The number of nitrogens with one attached hydrogen (secondary N) is 1. The summed E-state index contributed by atoms with van der Waals surface area (Å²) in [4.78, 5) is 0.0707. The molecule has 1 aromatic rings. The van der Waals surface area contributed by atoms with Crippen LogP contribution in [-0.2, 0) is 10.0 Å². The van der Waals surface area contributed by atoms with Crippen LogP contribution in [0.2, 0.25) is 10.0 Å². The molecule has 1 atom stereocenters. The average molecular weight is 296 g/mol. The van der Waals surface area contributed by atoms with E-state index in [2.05, 4.69) is 4.72 Å². The van der Waals surface area contributed by atoms with Crippen molar-refractivity contribution in [2.45, 2.75) is 38.1 Å². The SMILES string of the molecule is CC[C@@H](C)NS(=O)(=O)c1cc(C)c(Cl)cc1Cl. The van der Waals surface area contributed by atoms with Gasteiger partial charge in [-0.1, -0.05) is 30.1 Å². The number of hydrogen-bond acceptors (Lipinski definition) is 2. The summed E-state index contributed by atoms with van der Waals surface area (Å²) < 4.78 is 26.6. The quantitative estimate of drug-likeness (QED) is 0.926. The zero-order valence-electron chi connectivity index (χ0n) is 9.92. The van der Waals surface area contributed by atoms with Crippen molar-refractivity contribution in [1.29, 1.82) is 0 Å². The predicted octanol–water partition coefficient (Wildman–Crippen LogP) is 3.38. The van der Waals surface area contributed by atoms with Crippen molar-refractivity contribution in [3.63, 3.8) is 0 Å². The summed E-state index contributed by atoms with van der Waals surface area (Å²) in [6.07, 6.45) is 0.712. The van der Waals surface area contributed by atoms with Gasteiger partial charge in [0.1, 0.15) is 4.90 Å². The van der Waals surface area contributed by atoms with Crippen LogP contribution < -0.4 is 4.72 Å². The molecule has 0 aliphatic heterocycles. The molecule has 0 aliphatic carbocycles. The Labute approximate surface area is 112 Å². The van der Waals surface area contributed by atoms with Crippen LogP contribution >= 0.6 is 23.2 Å². The van der Waals surface area contributed by atoms with Gasteiger partial charge < -0.3 is 0 Å². The molecule has 0 saturated heterocycles. The van der Waals surface area contributed by atoms with Crippen LogP contribution in [0, 0.1) is 6.92 Å². The van der Waals surface area contributed by atoms with Crippen LogP contribution in [-0.4, -0.2) is 14.5 Å². The Morgan fingerprint density at radius 1 is 1.29 bits per heavy atom. The third-order valence-electron chi connectivity index (χ3n) is 2.47. The van der Waals surface area contributed by atoms with Crippen LogP contribution in [0.5, 0.6) is 0 Å². The molecule has 0 radical (unpaired) electrons. The second-order valence-electron chi connectivity index (χ2n) is 3.96. The first-order valence-corrected chi connectivity index (χ1v) is 7.49. The molecule has 0 heterocycles. The first-order chi connectivity index (χ1) is 7.77. The van der Waals surface area contributed by atoms with Gasteiger partial charge in [-0.25, -0.2) is 13.1 Å². The highest BCUT2D eigenvalue weighted by molar-refractivity contribution is 7.89. The van der Waals surface area contributed by atoms with Crippen molar-refractivity contribution in [2.75, 3.05) is 0 Å². The lowest BCUT2D eigenvalue weighted by molar-refractivity contribution is 0.556. The minimum atomic E-state index is -3.58. The van der Waals surface area contributed by atoms with E-state index in [-0.39, 0.29) is 16.0 Å². The number of aryl methyl sites for hydroxylation is 1. The molecular formula is C11H15Cl2NO2S. The van der Waals surface area contributed by atoms with Gasteiger partial charge in [-0.2, -0.15) is 0 Å². The lowest BCUT2D eigenvalue weighted by atomic mass is 10.2. The standard InChI is InChI=1S/C11H15Cl2NO2S/c1-4-8(3)14-17(15,16)11-5-7(2)9(12)6-10(11)13/h5-6,8,14H,4H2,1-3H3/t8-/m1/s1. The van der Waals surface area contributed by atoms with E-state index < -0.39 is 10.0 Å². The van der Waals surface area contributed by atoms with E-state index in [1.807, 2.05) is 6.92 Å². The zero-order chi connectivity index (χ0) is 13.2. The summed E-state index contributed by atoms with van der Waals surface area (Å²) in [5.74, 6) is 0. The van der Waals surface area contributed by atoms with E-state index in [0.717, 1.165) is 0 Å². The second kappa shape index (κ2) is 5.57. The molecular weight excluding hydrogens is 281 g/mol.